The summed E-state index contributed by atoms with van der Waals surface area (Å²) in [5.41, 5.74) is 3.48. The molecule has 1 saturated carbocycles. The van der Waals surface area contributed by atoms with Crippen molar-refractivity contribution in [1.29, 1.82) is 0 Å². The molecule has 2 saturated heterocycles. The molecule has 1 N–H and O–H groups in total. The smallest absolute Gasteiger partial charge is 0.319 e. The minimum atomic E-state index is -2.72. The van der Waals surface area contributed by atoms with E-state index in [1.165, 1.54) is 6.08 Å². The van der Waals surface area contributed by atoms with Gasteiger partial charge >= 0.3 is 6.01 Å². The highest BCUT2D eigenvalue weighted by Crippen LogP contribution is 2.48. The number of piperazine rings is 1. The van der Waals surface area contributed by atoms with Gasteiger partial charge in [0.15, 0.2) is 5.82 Å². The van der Waals surface area contributed by atoms with Crippen LogP contribution in [0.1, 0.15) is 50.3 Å². The van der Waals surface area contributed by atoms with Gasteiger partial charge in [0.2, 0.25) is 5.91 Å². The predicted molar refractivity (Wildman–Crippen MR) is 176 cm³/mol. The average Bonchev–Trinajstić information content (AvgIpc) is 3.69. The lowest BCUT2D eigenvalue weighted by Gasteiger charge is -2.44. The number of ether oxygens (including phenoxy) is 1. The number of halogens is 4. The molecule has 13 heteroatoms. The second-order valence-corrected chi connectivity index (χ2v) is 13.5. The van der Waals surface area contributed by atoms with E-state index in [0.29, 0.717) is 35.8 Å². The number of anilines is 1. The first-order chi connectivity index (χ1) is 22.5. The average molecular weight is 668 g/mol. The van der Waals surface area contributed by atoms with Crippen LogP contribution in [0.2, 0.25) is 5.02 Å². The molecule has 0 radical (unpaired) electrons. The fourth-order valence-corrected chi connectivity index (χ4v) is 7.29. The van der Waals surface area contributed by atoms with Crippen molar-refractivity contribution in [1.82, 2.24) is 30.0 Å². The van der Waals surface area contributed by atoms with Crippen molar-refractivity contribution in [2.75, 3.05) is 44.2 Å². The summed E-state index contributed by atoms with van der Waals surface area (Å²) in [5, 5.41) is 9.16. The normalized spacial score (nSPS) is 21.6. The number of hydrogen-bond donors (Lipinski definition) is 1. The Kier molecular flexibility index (Phi) is 8.07. The summed E-state index contributed by atoms with van der Waals surface area (Å²) in [6.07, 6.45) is 3.15. The van der Waals surface area contributed by atoms with Gasteiger partial charge in [0.05, 0.1) is 22.8 Å². The summed E-state index contributed by atoms with van der Waals surface area (Å²) in [7, 11) is 0. The van der Waals surface area contributed by atoms with Gasteiger partial charge in [-0.25, -0.2) is 13.2 Å². The van der Waals surface area contributed by atoms with Crippen molar-refractivity contribution in [3.63, 3.8) is 0 Å². The molecule has 4 aromatic rings. The topological polar surface area (TPSA) is 90.5 Å². The molecule has 3 fully saturated rings. The first kappa shape index (κ1) is 31.7. The van der Waals surface area contributed by atoms with E-state index >= 15 is 4.39 Å². The lowest BCUT2D eigenvalue weighted by atomic mass is 9.93. The summed E-state index contributed by atoms with van der Waals surface area (Å²) in [6, 6.07) is 5.12. The summed E-state index contributed by atoms with van der Waals surface area (Å²) < 4.78 is 50.6. The third-order valence-corrected chi connectivity index (χ3v) is 9.92. The Labute approximate surface area is 275 Å². The number of nitrogens with zero attached hydrogens (tertiary/aromatic N) is 6. The second kappa shape index (κ2) is 12.0. The zero-order chi connectivity index (χ0) is 33.2. The van der Waals surface area contributed by atoms with Gasteiger partial charge in [-0.1, -0.05) is 24.2 Å². The van der Waals surface area contributed by atoms with Gasteiger partial charge in [-0.2, -0.15) is 15.1 Å². The molecule has 47 heavy (non-hydrogen) atoms. The van der Waals surface area contributed by atoms with Crippen LogP contribution in [0.3, 0.4) is 0 Å². The largest absolute Gasteiger partial charge is 0.462 e. The van der Waals surface area contributed by atoms with Crippen molar-refractivity contribution in [3.8, 4) is 17.1 Å². The van der Waals surface area contributed by atoms with Crippen molar-refractivity contribution in [2.24, 2.45) is 0 Å². The quantitative estimate of drug-likeness (QED) is 0.215. The Morgan fingerprint density at radius 2 is 1.98 bits per heavy atom. The third kappa shape index (κ3) is 5.79. The van der Waals surface area contributed by atoms with E-state index in [4.69, 9.17) is 21.3 Å². The summed E-state index contributed by atoms with van der Waals surface area (Å²) in [5.74, 6) is -2.76. The maximum atomic E-state index is 17.1. The molecule has 2 aliphatic heterocycles. The maximum absolute atomic E-state index is 17.1. The van der Waals surface area contributed by atoms with E-state index in [2.05, 4.69) is 21.8 Å². The Balaban J connectivity index is 1.34. The van der Waals surface area contributed by atoms with Crippen LogP contribution in [0.5, 0.6) is 6.01 Å². The van der Waals surface area contributed by atoms with Crippen LogP contribution in [0.4, 0.5) is 19.0 Å². The van der Waals surface area contributed by atoms with Crippen molar-refractivity contribution in [2.45, 2.75) is 64.0 Å². The molecule has 2 aromatic carbocycles. The van der Waals surface area contributed by atoms with E-state index in [1.54, 1.807) is 15.9 Å². The highest BCUT2D eigenvalue weighted by Gasteiger charge is 2.38. The van der Waals surface area contributed by atoms with Gasteiger partial charge in [0.1, 0.15) is 17.9 Å². The van der Waals surface area contributed by atoms with E-state index in [1.807, 2.05) is 37.8 Å². The van der Waals surface area contributed by atoms with Crippen LogP contribution in [-0.4, -0.2) is 93.2 Å². The lowest BCUT2D eigenvalue weighted by molar-refractivity contribution is -0.128. The number of alkyl halides is 2. The number of amides is 1. The number of carbonyl (C=O) groups excluding carboxylic acids is 1. The first-order valence-electron chi connectivity index (χ1n) is 16.1. The fraction of sp³-hybridized carbons (Fsp3) is 0.471. The molecule has 3 aliphatic rings. The number of rotatable bonds is 8. The minimum Gasteiger partial charge on any atom is -0.462 e. The Bertz CT molecular complexity index is 1900. The predicted octanol–water partition coefficient (Wildman–Crippen LogP) is 6.48. The molecule has 7 rings (SSSR count). The molecule has 0 bridgehead atoms. The van der Waals surface area contributed by atoms with E-state index in [-0.39, 0.29) is 72.8 Å². The molecule has 9 nitrogen and oxygen atoms in total. The van der Waals surface area contributed by atoms with Crippen molar-refractivity contribution < 1.29 is 22.7 Å². The van der Waals surface area contributed by atoms with Crippen LogP contribution in [0, 0.1) is 12.7 Å². The number of hydrogen-bond acceptors (Lipinski definition) is 7. The Hall–Kier alpha value is -3.90. The SMILES string of the molecule is C=CC(=O)N1C[C@H](C)N(c2nc(OCCN3CCC(F)(F)C3)nc3c(F)c(-c4c(C)ccc5[nH]nc(C6CC6)c45)c(Cl)cc23)C[C@H]1C. The number of carbonyl (C=O) groups is 1. The zero-order valence-corrected chi connectivity index (χ0v) is 27.4. The van der Waals surface area contributed by atoms with Gasteiger partial charge in [0, 0.05) is 72.5 Å². The van der Waals surface area contributed by atoms with E-state index in [9.17, 15) is 13.6 Å². The first-order valence-corrected chi connectivity index (χ1v) is 16.4. The summed E-state index contributed by atoms with van der Waals surface area (Å²) in [4.78, 5) is 27.2. The lowest BCUT2D eigenvalue weighted by Crippen LogP contribution is -2.58. The fourth-order valence-electron chi connectivity index (χ4n) is 7.00. The van der Waals surface area contributed by atoms with Gasteiger partial charge in [0.25, 0.3) is 5.92 Å². The third-order valence-electron chi connectivity index (χ3n) is 9.63. The number of aromatic amines is 1. The van der Waals surface area contributed by atoms with E-state index < -0.39 is 11.7 Å². The molecule has 2 aromatic heterocycles. The monoisotopic (exact) mass is 667 g/mol. The van der Waals surface area contributed by atoms with Crippen LogP contribution in [-0.2, 0) is 4.79 Å². The molecule has 0 unspecified atom stereocenters. The molecule has 248 valence electrons. The molecule has 1 aliphatic carbocycles. The van der Waals surface area contributed by atoms with E-state index in [0.717, 1.165) is 35.0 Å². The Morgan fingerprint density at radius 3 is 2.68 bits per heavy atom. The van der Waals surface area contributed by atoms with Crippen molar-refractivity contribution in [3.05, 3.63) is 53.0 Å². The number of nitrogens with one attached hydrogen (secondary N) is 1. The van der Waals surface area contributed by atoms with Gasteiger partial charge in [-0.15, -0.1) is 0 Å². The number of fused-ring (bicyclic) bond motifs is 2. The highest BCUT2D eigenvalue weighted by atomic mass is 35.5. The maximum Gasteiger partial charge on any atom is 0.319 e. The van der Waals surface area contributed by atoms with Crippen LogP contribution >= 0.6 is 11.6 Å². The number of aromatic nitrogens is 4. The second-order valence-electron chi connectivity index (χ2n) is 13.1. The van der Waals surface area contributed by atoms with Gasteiger partial charge in [-0.05, 0) is 57.4 Å². The zero-order valence-electron chi connectivity index (χ0n) is 26.6. The molecule has 1 amide bonds. The van der Waals surface area contributed by atoms with Crippen molar-refractivity contribution >= 4 is 45.1 Å². The number of likely N-dealkylation sites (tertiary alicyclic amines) is 1. The number of benzene rings is 2. The molecular weight excluding hydrogens is 631 g/mol. The van der Waals surface area contributed by atoms with Crippen LogP contribution < -0.4 is 9.64 Å². The van der Waals surface area contributed by atoms with Crippen LogP contribution in [0.15, 0.2) is 30.9 Å². The van der Waals surface area contributed by atoms with Gasteiger partial charge in [-0.3, -0.25) is 14.8 Å². The summed E-state index contributed by atoms with van der Waals surface area (Å²) in [6.45, 7) is 10.5. The standard InChI is InChI=1S/C34H37ClF3N7O2/c1-5-25(46)44-15-20(4)45(16-19(44)3)32-22-14-23(35)27(26-18(2)6-9-24-28(26)30(42-41-24)21-7-8-21)29(36)31(22)39-33(40-32)47-13-12-43-11-10-34(37,38)17-43/h5-6,9,14,19-21H,1,7-8,10-13,15-17H2,2-4H3,(H,41,42)/t19-,20+/m1/s1. The Morgan fingerprint density at radius 1 is 1.19 bits per heavy atom. The van der Waals surface area contributed by atoms with Gasteiger partial charge < -0.3 is 14.5 Å². The highest BCUT2D eigenvalue weighted by molar-refractivity contribution is 6.35. The molecule has 0 spiro atoms. The molecule has 4 heterocycles. The minimum absolute atomic E-state index is 0.0365. The van der Waals surface area contributed by atoms with Crippen LogP contribution in [0.25, 0.3) is 32.9 Å². The number of aryl methyl sites for hydroxylation is 1. The number of H-pyrrole nitrogens is 1. The molecular formula is C34H37ClF3N7O2. The molecule has 2 atom stereocenters. The summed E-state index contributed by atoms with van der Waals surface area (Å²) >= 11 is 7.00.